The molecule has 1 atom stereocenters. The first-order chi connectivity index (χ1) is 3.93. The van der Waals surface area contributed by atoms with Gasteiger partial charge in [-0.2, -0.15) is 0 Å². The number of rotatable bonds is 1. The fraction of sp³-hybridized carbons (Fsp3) is 0.800. The minimum Gasteiger partial charge on any atom is -0.374 e. The van der Waals surface area contributed by atoms with Crippen molar-refractivity contribution in [1.82, 2.24) is 5.43 Å². The maximum atomic E-state index is 5.16. The number of nitrogens with two attached hydrogens (primary N) is 1. The van der Waals surface area contributed by atoms with Crippen molar-refractivity contribution in [3.8, 4) is 0 Å². The van der Waals surface area contributed by atoms with Gasteiger partial charge in [0, 0.05) is 6.04 Å². The third kappa shape index (κ3) is 1.43. The van der Waals surface area contributed by atoms with Gasteiger partial charge in [0.1, 0.15) is 0 Å². The third-order valence-electron chi connectivity index (χ3n) is 1.28. The second kappa shape index (κ2) is 3.02. The van der Waals surface area contributed by atoms with Crippen LogP contribution >= 0.6 is 0 Å². The lowest BCUT2D eigenvalue weighted by Crippen LogP contribution is -2.40. The van der Waals surface area contributed by atoms with Gasteiger partial charge in [-0.3, -0.25) is 11.3 Å². The molecule has 1 rings (SSSR count). The van der Waals surface area contributed by atoms with Crippen LogP contribution in [0.25, 0.3) is 0 Å². The van der Waals surface area contributed by atoms with Gasteiger partial charge in [0.05, 0.1) is 13.2 Å². The van der Waals surface area contributed by atoms with Crippen molar-refractivity contribution in [2.75, 3.05) is 6.61 Å². The minimum atomic E-state index is 0.361. The molecule has 1 saturated heterocycles. The lowest BCUT2D eigenvalue weighted by atomic mass is 10.1. The van der Waals surface area contributed by atoms with Crippen LogP contribution in [0, 0.1) is 6.61 Å². The average Bonchev–Trinajstić information content (AvgIpc) is 1.90. The van der Waals surface area contributed by atoms with Crippen molar-refractivity contribution < 1.29 is 4.74 Å². The predicted octanol–water partition coefficient (Wildman–Crippen LogP) is -0.210. The zero-order valence-electron chi connectivity index (χ0n) is 4.76. The Morgan fingerprint density at radius 3 is 3.00 bits per heavy atom. The van der Waals surface area contributed by atoms with E-state index >= 15 is 0 Å². The zero-order valence-corrected chi connectivity index (χ0v) is 4.76. The molecular weight excluding hydrogens is 104 g/mol. The highest BCUT2D eigenvalue weighted by Crippen LogP contribution is 2.07. The Balaban J connectivity index is 2.13. The van der Waals surface area contributed by atoms with Gasteiger partial charge in [-0.1, -0.05) is 0 Å². The van der Waals surface area contributed by atoms with Gasteiger partial charge < -0.3 is 4.74 Å². The van der Waals surface area contributed by atoms with Gasteiger partial charge in [0.25, 0.3) is 0 Å². The summed E-state index contributed by atoms with van der Waals surface area (Å²) >= 11 is 0. The summed E-state index contributed by atoms with van der Waals surface area (Å²) in [6.45, 7) is 2.55. The third-order valence-corrected chi connectivity index (χ3v) is 1.28. The van der Waals surface area contributed by atoms with Gasteiger partial charge >= 0.3 is 0 Å². The van der Waals surface area contributed by atoms with Crippen LogP contribution in [-0.2, 0) is 4.74 Å². The monoisotopic (exact) mass is 115 g/mol. The molecule has 0 aromatic heterocycles. The fourth-order valence-electron chi connectivity index (χ4n) is 0.752. The molecule has 0 amide bonds. The largest absolute Gasteiger partial charge is 0.374 e. The molecule has 3 N–H and O–H groups in total. The Morgan fingerprint density at radius 1 is 1.75 bits per heavy atom. The van der Waals surface area contributed by atoms with E-state index < -0.39 is 0 Å². The van der Waals surface area contributed by atoms with Gasteiger partial charge in [0.2, 0.25) is 0 Å². The number of hydrogen-bond acceptors (Lipinski definition) is 3. The van der Waals surface area contributed by atoms with E-state index in [2.05, 4.69) is 5.43 Å². The van der Waals surface area contributed by atoms with Crippen LogP contribution in [0.15, 0.2) is 0 Å². The quantitative estimate of drug-likeness (QED) is 0.367. The van der Waals surface area contributed by atoms with Crippen molar-refractivity contribution in [2.45, 2.75) is 18.9 Å². The predicted molar refractivity (Wildman–Crippen MR) is 30.6 cm³/mol. The smallest absolute Gasteiger partial charge is 0.0838 e. The van der Waals surface area contributed by atoms with E-state index in [0.717, 1.165) is 19.4 Å². The first-order valence-electron chi connectivity index (χ1n) is 2.83. The zero-order chi connectivity index (χ0) is 5.82. The minimum absolute atomic E-state index is 0.361. The van der Waals surface area contributed by atoms with Crippen LogP contribution in [0.3, 0.4) is 0 Å². The summed E-state index contributed by atoms with van der Waals surface area (Å²) in [6, 6.07) is 0.361. The van der Waals surface area contributed by atoms with Crippen LogP contribution < -0.4 is 11.3 Å². The molecule has 0 aromatic rings. The molecule has 0 aromatic carbocycles. The SMILES string of the molecule is NNC1CC[CH]OC1. The molecule has 0 saturated carbocycles. The first-order valence-corrected chi connectivity index (χ1v) is 2.83. The fourth-order valence-corrected chi connectivity index (χ4v) is 0.752. The number of hydrogen-bond donors (Lipinski definition) is 2. The van der Waals surface area contributed by atoms with Crippen LogP contribution in [0.1, 0.15) is 12.8 Å². The summed E-state index contributed by atoms with van der Waals surface area (Å²) in [6.07, 6.45) is 2.10. The first kappa shape index (κ1) is 6.01. The highest BCUT2D eigenvalue weighted by atomic mass is 16.5. The van der Waals surface area contributed by atoms with Crippen LogP contribution in [0.5, 0.6) is 0 Å². The van der Waals surface area contributed by atoms with Gasteiger partial charge in [-0.15, -0.1) is 0 Å². The Kier molecular flexibility index (Phi) is 2.27. The van der Waals surface area contributed by atoms with Crippen molar-refractivity contribution in [3.05, 3.63) is 6.61 Å². The van der Waals surface area contributed by atoms with E-state index in [1.54, 1.807) is 0 Å². The highest BCUT2D eigenvalue weighted by molar-refractivity contribution is 4.70. The van der Waals surface area contributed by atoms with Crippen molar-refractivity contribution in [2.24, 2.45) is 5.84 Å². The molecule has 0 spiro atoms. The van der Waals surface area contributed by atoms with Crippen molar-refractivity contribution >= 4 is 0 Å². The standard InChI is InChI=1S/C5H11N2O/c6-7-5-2-1-3-8-4-5/h3,5,7H,1-2,4,6H2. The van der Waals surface area contributed by atoms with Crippen molar-refractivity contribution in [3.63, 3.8) is 0 Å². The summed E-state index contributed by atoms with van der Waals surface area (Å²) in [7, 11) is 0. The molecule has 47 valence electrons. The van der Waals surface area contributed by atoms with Gasteiger partial charge in [-0.05, 0) is 12.8 Å². The summed E-state index contributed by atoms with van der Waals surface area (Å²) in [5.41, 5.74) is 2.66. The molecule has 3 heteroatoms. The van der Waals surface area contributed by atoms with Crippen LogP contribution in [-0.4, -0.2) is 12.6 Å². The lowest BCUT2D eigenvalue weighted by Gasteiger charge is -2.19. The van der Waals surface area contributed by atoms with E-state index in [9.17, 15) is 0 Å². The molecule has 1 heterocycles. The lowest BCUT2D eigenvalue weighted by molar-refractivity contribution is 0.123. The second-order valence-corrected chi connectivity index (χ2v) is 1.94. The summed E-state index contributed by atoms with van der Waals surface area (Å²) in [5, 5.41) is 0. The second-order valence-electron chi connectivity index (χ2n) is 1.94. The summed E-state index contributed by atoms with van der Waals surface area (Å²) in [4.78, 5) is 0. The van der Waals surface area contributed by atoms with Crippen LogP contribution in [0.2, 0.25) is 0 Å². The molecule has 1 unspecified atom stereocenters. The molecule has 0 bridgehead atoms. The average molecular weight is 115 g/mol. The Hall–Kier alpha value is -0.120. The Bertz CT molecular complexity index is 61.4. The molecule has 1 aliphatic rings. The Morgan fingerprint density at radius 2 is 2.62 bits per heavy atom. The van der Waals surface area contributed by atoms with E-state index in [-0.39, 0.29) is 0 Å². The van der Waals surface area contributed by atoms with Crippen LogP contribution in [0.4, 0.5) is 0 Å². The molecule has 1 radical (unpaired) electrons. The van der Waals surface area contributed by atoms with Gasteiger partial charge in [0.15, 0.2) is 0 Å². The maximum Gasteiger partial charge on any atom is 0.0838 e. The molecule has 1 fully saturated rings. The number of hydrazine groups is 1. The Labute approximate surface area is 49.2 Å². The summed E-state index contributed by atoms with van der Waals surface area (Å²) in [5.74, 6) is 5.16. The normalized spacial score (nSPS) is 30.4. The number of nitrogens with one attached hydrogen (secondary N) is 1. The van der Waals surface area contributed by atoms with E-state index in [4.69, 9.17) is 10.6 Å². The molecule has 1 aliphatic heterocycles. The van der Waals surface area contributed by atoms with Gasteiger partial charge in [-0.25, -0.2) is 0 Å². The van der Waals surface area contributed by atoms with E-state index in [0.29, 0.717) is 6.04 Å². The molecule has 8 heavy (non-hydrogen) atoms. The van der Waals surface area contributed by atoms with E-state index in [1.165, 1.54) is 0 Å². The maximum absolute atomic E-state index is 5.16. The van der Waals surface area contributed by atoms with E-state index in [1.807, 2.05) is 6.61 Å². The topological polar surface area (TPSA) is 47.3 Å². The molecule has 3 nitrogen and oxygen atoms in total. The highest BCUT2D eigenvalue weighted by Gasteiger charge is 2.10. The molecular formula is C5H11N2O. The summed E-state index contributed by atoms with van der Waals surface area (Å²) < 4.78 is 5.01. The van der Waals surface area contributed by atoms with Crippen molar-refractivity contribution in [1.29, 1.82) is 0 Å². The molecule has 0 aliphatic carbocycles. The number of ether oxygens (including phenoxy) is 1.